The molecule has 0 radical (unpaired) electrons. The molecule has 0 saturated heterocycles. The van der Waals surface area contributed by atoms with Crippen LogP contribution in [0.2, 0.25) is 0 Å². The molecule has 0 heterocycles. The second kappa shape index (κ2) is 6.73. The van der Waals surface area contributed by atoms with Gasteiger partial charge < -0.3 is 10.6 Å². The number of hydrogen-bond donors (Lipinski definition) is 2. The van der Waals surface area contributed by atoms with E-state index in [1.165, 1.54) is 12.1 Å². The number of benzene rings is 2. The lowest BCUT2D eigenvalue weighted by molar-refractivity contribution is -0.137. The molecule has 3 nitrogen and oxygen atoms in total. The topological polar surface area (TPSA) is 41.1 Å². The van der Waals surface area contributed by atoms with Crippen LogP contribution >= 0.6 is 0 Å². The van der Waals surface area contributed by atoms with E-state index in [1.807, 2.05) is 26.0 Å². The van der Waals surface area contributed by atoms with E-state index in [0.29, 0.717) is 11.4 Å². The van der Waals surface area contributed by atoms with Crippen LogP contribution < -0.4 is 10.6 Å². The van der Waals surface area contributed by atoms with Gasteiger partial charge in [-0.3, -0.25) is 4.79 Å². The lowest BCUT2D eigenvalue weighted by atomic mass is 10.1. The molecule has 2 N–H and O–H groups in total. The van der Waals surface area contributed by atoms with Gasteiger partial charge >= 0.3 is 6.18 Å². The molecular weight excluding hydrogens is 305 g/mol. The molecule has 6 heteroatoms. The Bertz CT molecular complexity index is 694. The van der Waals surface area contributed by atoms with E-state index in [0.717, 1.165) is 23.3 Å². The molecule has 0 atom stereocenters. The molecule has 23 heavy (non-hydrogen) atoms. The van der Waals surface area contributed by atoms with Crippen molar-refractivity contribution in [1.82, 2.24) is 0 Å². The highest BCUT2D eigenvalue weighted by molar-refractivity contribution is 5.93. The molecule has 2 aromatic rings. The standard InChI is InChI=1S/C17H17F3N2O/c1-11-3-6-15(9-12(11)2)22-16(23)10-21-14-7-4-13(5-8-14)17(18,19)20/h3-9,21H,10H2,1-2H3,(H,22,23). The number of nitrogens with one attached hydrogen (secondary N) is 2. The van der Waals surface area contributed by atoms with E-state index < -0.39 is 11.7 Å². The number of amides is 1. The van der Waals surface area contributed by atoms with Gasteiger partial charge in [-0.25, -0.2) is 0 Å². The molecule has 0 aliphatic rings. The third kappa shape index (κ3) is 4.74. The molecule has 0 unspecified atom stereocenters. The van der Waals surface area contributed by atoms with Crippen molar-refractivity contribution < 1.29 is 18.0 Å². The van der Waals surface area contributed by atoms with Crippen LogP contribution in [0.15, 0.2) is 42.5 Å². The zero-order valence-electron chi connectivity index (χ0n) is 12.8. The minimum atomic E-state index is -4.36. The minimum Gasteiger partial charge on any atom is -0.376 e. The van der Waals surface area contributed by atoms with Gasteiger partial charge in [0.2, 0.25) is 5.91 Å². The van der Waals surface area contributed by atoms with Crippen molar-refractivity contribution in [1.29, 1.82) is 0 Å². The van der Waals surface area contributed by atoms with Crippen molar-refractivity contribution >= 4 is 17.3 Å². The van der Waals surface area contributed by atoms with Gasteiger partial charge in [0.05, 0.1) is 12.1 Å². The van der Waals surface area contributed by atoms with Crippen LogP contribution in [0, 0.1) is 13.8 Å². The van der Waals surface area contributed by atoms with Crippen LogP contribution in [0.1, 0.15) is 16.7 Å². The van der Waals surface area contributed by atoms with Gasteiger partial charge in [-0.1, -0.05) is 6.07 Å². The van der Waals surface area contributed by atoms with Crippen molar-refractivity contribution in [2.24, 2.45) is 0 Å². The third-order valence-corrected chi connectivity index (χ3v) is 3.46. The first kappa shape index (κ1) is 16.9. The largest absolute Gasteiger partial charge is 0.416 e. The summed E-state index contributed by atoms with van der Waals surface area (Å²) in [6, 6.07) is 10.1. The zero-order valence-corrected chi connectivity index (χ0v) is 12.8. The molecule has 0 aliphatic carbocycles. The summed E-state index contributed by atoms with van der Waals surface area (Å²) in [6.07, 6.45) is -4.36. The number of carbonyl (C=O) groups is 1. The summed E-state index contributed by atoms with van der Waals surface area (Å²) < 4.78 is 37.4. The van der Waals surface area contributed by atoms with E-state index in [9.17, 15) is 18.0 Å². The molecule has 0 fully saturated rings. The Hall–Kier alpha value is -2.50. The number of rotatable bonds is 4. The molecule has 2 rings (SSSR count). The number of halogens is 3. The summed E-state index contributed by atoms with van der Waals surface area (Å²) in [7, 11) is 0. The van der Waals surface area contributed by atoms with Crippen molar-refractivity contribution in [2.75, 3.05) is 17.2 Å². The van der Waals surface area contributed by atoms with Crippen molar-refractivity contribution in [3.63, 3.8) is 0 Å². The molecule has 1 amide bonds. The summed E-state index contributed by atoms with van der Waals surface area (Å²) in [4.78, 5) is 11.9. The van der Waals surface area contributed by atoms with Crippen molar-refractivity contribution in [3.05, 3.63) is 59.2 Å². The number of hydrogen-bond acceptors (Lipinski definition) is 2. The highest BCUT2D eigenvalue weighted by atomic mass is 19.4. The number of carbonyl (C=O) groups excluding carboxylic acids is 1. The lowest BCUT2D eigenvalue weighted by Crippen LogP contribution is -2.21. The van der Waals surface area contributed by atoms with E-state index in [1.54, 1.807) is 6.07 Å². The van der Waals surface area contributed by atoms with E-state index in [-0.39, 0.29) is 12.5 Å². The van der Waals surface area contributed by atoms with Gasteiger partial charge in [0, 0.05) is 11.4 Å². The molecule has 0 saturated carbocycles. The smallest absolute Gasteiger partial charge is 0.376 e. The Labute approximate surface area is 132 Å². The van der Waals surface area contributed by atoms with Gasteiger partial charge in [-0.15, -0.1) is 0 Å². The average molecular weight is 322 g/mol. The maximum Gasteiger partial charge on any atom is 0.416 e. The first-order chi connectivity index (χ1) is 10.8. The summed E-state index contributed by atoms with van der Waals surface area (Å²) in [5.74, 6) is -0.270. The first-order valence-corrected chi connectivity index (χ1v) is 7.04. The summed E-state index contributed by atoms with van der Waals surface area (Å²) in [5.41, 5.74) is 2.62. The summed E-state index contributed by atoms with van der Waals surface area (Å²) >= 11 is 0. The maximum absolute atomic E-state index is 12.5. The molecule has 0 aliphatic heterocycles. The molecule has 0 bridgehead atoms. The Balaban J connectivity index is 1.90. The van der Waals surface area contributed by atoms with Crippen LogP contribution in [0.5, 0.6) is 0 Å². The highest BCUT2D eigenvalue weighted by Gasteiger charge is 2.29. The molecule has 0 aromatic heterocycles. The molecule has 2 aromatic carbocycles. The highest BCUT2D eigenvalue weighted by Crippen LogP contribution is 2.29. The monoisotopic (exact) mass is 322 g/mol. The van der Waals surface area contributed by atoms with Gasteiger partial charge in [-0.05, 0) is 61.4 Å². The Morgan fingerprint density at radius 2 is 1.57 bits per heavy atom. The van der Waals surface area contributed by atoms with E-state index >= 15 is 0 Å². The summed E-state index contributed by atoms with van der Waals surface area (Å²) in [5, 5.41) is 5.52. The number of anilines is 2. The quantitative estimate of drug-likeness (QED) is 0.877. The predicted molar refractivity (Wildman–Crippen MR) is 84.5 cm³/mol. The fraction of sp³-hybridized carbons (Fsp3) is 0.235. The van der Waals surface area contributed by atoms with Crippen LogP contribution in [-0.2, 0) is 11.0 Å². The molecular formula is C17H17F3N2O. The normalized spacial score (nSPS) is 11.2. The fourth-order valence-corrected chi connectivity index (χ4v) is 1.98. The first-order valence-electron chi connectivity index (χ1n) is 7.04. The lowest BCUT2D eigenvalue weighted by Gasteiger charge is -2.10. The summed E-state index contributed by atoms with van der Waals surface area (Å²) in [6.45, 7) is 3.90. The minimum absolute atomic E-state index is 0.0295. The Morgan fingerprint density at radius 3 is 2.13 bits per heavy atom. The predicted octanol–water partition coefficient (Wildman–Crippen LogP) is 4.37. The third-order valence-electron chi connectivity index (χ3n) is 3.46. The maximum atomic E-state index is 12.5. The van der Waals surface area contributed by atoms with Gasteiger partial charge in [0.15, 0.2) is 0 Å². The Morgan fingerprint density at radius 1 is 0.957 bits per heavy atom. The van der Waals surface area contributed by atoms with Crippen molar-refractivity contribution in [2.45, 2.75) is 20.0 Å². The van der Waals surface area contributed by atoms with Crippen molar-refractivity contribution in [3.8, 4) is 0 Å². The van der Waals surface area contributed by atoms with Gasteiger partial charge in [-0.2, -0.15) is 13.2 Å². The second-order valence-corrected chi connectivity index (χ2v) is 5.28. The molecule has 0 spiro atoms. The Kier molecular flexibility index (Phi) is 4.93. The van der Waals surface area contributed by atoms with Gasteiger partial charge in [0.1, 0.15) is 0 Å². The van der Waals surface area contributed by atoms with Crippen LogP contribution in [0.25, 0.3) is 0 Å². The van der Waals surface area contributed by atoms with Gasteiger partial charge in [0.25, 0.3) is 0 Å². The van der Waals surface area contributed by atoms with Crippen LogP contribution in [-0.4, -0.2) is 12.5 Å². The second-order valence-electron chi connectivity index (χ2n) is 5.28. The number of alkyl halides is 3. The fourth-order valence-electron chi connectivity index (χ4n) is 1.98. The zero-order chi connectivity index (χ0) is 17.0. The molecule has 122 valence electrons. The number of aryl methyl sites for hydroxylation is 2. The van der Waals surface area contributed by atoms with E-state index in [2.05, 4.69) is 10.6 Å². The SMILES string of the molecule is Cc1ccc(NC(=O)CNc2ccc(C(F)(F)F)cc2)cc1C. The van der Waals surface area contributed by atoms with E-state index in [4.69, 9.17) is 0 Å². The van der Waals surface area contributed by atoms with Crippen LogP contribution in [0.4, 0.5) is 24.5 Å². The van der Waals surface area contributed by atoms with Crippen LogP contribution in [0.3, 0.4) is 0 Å². The average Bonchev–Trinajstić information content (AvgIpc) is 2.48.